The lowest BCUT2D eigenvalue weighted by atomic mass is 9.66. The van der Waals surface area contributed by atoms with Gasteiger partial charge in [0.15, 0.2) is 0 Å². The first kappa shape index (κ1) is 31.2. The summed E-state index contributed by atoms with van der Waals surface area (Å²) < 4.78 is 6.35. The van der Waals surface area contributed by atoms with Gasteiger partial charge >= 0.3 is 0 Å². The molecule has 0 aromatic heterocycles. The predicted molar refractivity (Wildman–Crippen MR) is 164 cm³/mol. The van der Waals surface area contributed by atoms with Crippen molar-refractivity contribution in [3.05, 3.63) is 54.1 Å². The van der Waals surface area contributed by atoms with Crippen molar-refractivity contribution in [2.75, 3.05) is 6.61 Å². The molecular weight excluding hydrogens is 478 g/mol. The fourth-order valence-corrected chi connectivity index (χ4v) is 6.39. The molecule has 3 nitrogen and oxygen atoms in total. The highest BCUT2D eigenvalue weighted by atomic mass is 16.5. The zero-order valence-electron chi connectivity index (χ0n) is 24.8. The number of ether oxygens (including phenoxy) is 1. The van der Waals surface area contributed by atoms with E-state index < -0.39 is 0 Å². The van der Waals surface area contributed by atoms with E-state index in [1.165, 1.54) is 55.2 Å². The summed E-state index contributed by atoms with van der Waals surface area (Å²) in [5.74, 6) is 1.45. The van der Waals surface area contributed by atoms with Gasteiger partial charge in [0.05, 0.1) is 17.6 Å². The van der Waals surface area contributed by atoms with E-state index in [0.29, 0.717) is 12.5 Å². The quantitative estimate of drug-likeness (QED) is 0.195. The topological polar surface area (TPSA) is 53.2 Å². The Bertz CT molecular complexity index is 961. The maximum Gasteiger partial charge on any atom is 0.119 e. The highest BCUT2D eigenvalue weighted by Gasteiger charge is 2.36. The molecular formula is C36H53NO2. The van der Waals surface area contributed by atoms with Gasteiger partial charge in [0.25, 0.3) is 0 Å². The second-order valence-electron chi connectivity index (χ2n) is 12.0. The molecule has 1 fully saturated rings. The van der Waals surface area contributed by atoms with Crippen molar-refractivity contribution in [1.82, 2.24) is 0 Å². The Labute approximate surface area is 239 Å². The van der Waals surface area contributed by atoms with Crippen LogP contribution < -0.4 is 4.74 Å². The van der Waals surface area contributed by atoms with Crippen LogP contribution in [-0.2, 0) is 0 Å². The van der Waals surface area contributed by atoms with Gasteiger partial charge in [0, 0.05) is 6.61 Å². The van der Waals surface area contributed by atoms with E-state index >= 15 is 0 Å². The molecule has 3 heteroatoms. The molecule has 214 valence electrons. The Balaban J connectivity index is 1.55. The van der Waals surface area contributed by atoms with E-state index in [1.807, 2.05) is 0 Å². The number of rotatable bonds is 18. The summed E-state index contributed by atoms with van der Waals surface area (Å²) in [5.41, 5.74) is 3.72. The fraction of sp³-hybridized carbons (Fsp3) is 0.639. The van der Waals surface area contributed by atoms with Gasteiger partial charge in [-0.25, -0.2) is 0 Å². The maximum absolute atomic E-state index is 10.1. The average molecular weight is 532 g/mol. The lowest BCUT2D eigenvalue weighted by molar-refractivity contribution is 0.175. The van der Waals surface area contributed by atoms with Crippen LogP contribution in [0.4, 0.5) is 0 Å². The van der Waals surface area contributed by atoms with Gasteiger partial charge in [-0.15, -0.1) is 0 Å². The first-order chi connectivity index (χ1) is 19.1. The van der Waals surface area contributed by atoms with Crippen molar-refractivity contribution >= 4 is 0 Å². The minimum Gasteiger partial charge on any atom is -0.490 e. The third-order valence-electron chi connectivity index (χ3n) is 8.76. The summed E-state index contributed by atoms with van der Waals surface area (Å²) in [6.45, 7) is 4.77. The van der Waals surface area contributed by atoms with Crippen LogP contribution in [0.1, 0.15) is 134 Å². The second-order valence-corrected chi connectivity index (χ2v) is 12.0. The van der Waals surface area contributed by atoms with Crippen LogP contribution in [-0.4, -0.2) is 17.8 Å². The SMILES string of the molecule is CCCCCCCC1(C#N)CCCC(c2ccc(-c3ccc(OC(CCC)CCCCCCO)cc3)cc2)C1. The zero-order valence-corrected chi connectivity index (χ0v) is 24.8. The molecule has 1 N–H and O–H groups in total. The van der Waals surface area contributed by atoms with Crippen LogP contribution in [0, 0.1) is 16.7 Å². The number of aliphatic hydroxyl groups is 1. The molecule has 1 aliphatic carbocycles. The number of hydrogen-bond acceptors (Lipinski definition) is 3. The van der Waals surface area contributed by atoms with Crippen LogP contribution in [0.15, 0.2) is 48.5 Å². The van der Waals surface area contributed by atoms with E-state index in [1.54, 1.807) is 0 Å². The number of benzene rings is 2. The van der Waals surface area contributed by atoms with Crippen LogP contribution in [0.3, 0.4) is 0 Å². The summed E-state index contributed by atoms with van der Waals surface area (Å²) >= 11 is 0. The van der Waals surface area contributed by atoms with Crippen molar-refractivity contribution in [1.29, 1.82) is 5.26 Å². The van der Waals surface area contributed by atoms with Crippen LogP contribution in [0.25, 0.3) is 11.1 Å². The summed E-state index contributed by atoms with van der Waals surface area (Å²) in [6.07, 6.45) is 19.8. The highest BCUT2D eigenvalue weighted by molar-refractivity contribution is 5.64. The van der Waals surface area contributed by atoms with Gasteiger partial charge in [-0.2, -0.15) is 5.26 Å². The molecule has 0 spiro atoms. The Morgan fingerprint density at radius 2 is 1.51 bits per heavy atom. The standard InChI is InChI=1S/C36H53NO2/c1-3-5-6-8-11-25-36(29-37)26-13-15-33(28-36)32-19-17-30(18-20-32)31-21-23-35(24-22-31)39-34(14-4-2)16-10-7-9-12-27-38/h17-24,33-34,38H,3-16,25-28H2,1-2H3. The number of hydrogen-bond donors (Lipinski definition) is 1. The Hall–Kier alpha value is -2.31. The first-order valence-corrected chi connectivity index (χ1v) is 16.0. The third-order valence-corrected chi connectivity index (χ3v) is 8.76. The molecule has 0 radical (unpaired) electrons. The van der Waals surface area contributed by atoms with E-state index in [9.17, 15) is 5.26 Å². The molecule has 3 rings (SSSR count). The maximum atomic E-state index is 10.1. The van der Waals surface area contributed by atoms with Crippen molar-refractivity contribution in [3.63, 3.8) is 0 Å². The number of nitrogens with zero attached hydrogens (tertiary/aromatic N) is 1. The van der Waals surface area contributed by atoms with Crippen molar-refractivity contribution in [2.45, 2.75) is 135 Å². The van der Waals surface area contributed by atoms with Crippen LogP contribution in [0.5, 0.6) is 5.75 Å². The number of nitriles is 1. The summed E-state index contributed by atoms with van der Waals surface area (Å²) in [4.78, 5) is 0. The van der Waals surface area contributed by atoms with Crippen molar-refractivity contribution in [3.8, 4) is 22.9 Å². The highest BCUT2D eigenvalue weighted by Crippen LogP contribution is 2.47. The number of aliphatic hydroxyl groups excluding tert-OH is 1. The molecule has 39 heavy (non-hydrogen) atoms. The Kier molecular flexibility index (Phi) is 13.9. The third kappa shape index (κ3) is 10.3. The van der Waals surface area contributed by atoms with Crippen molar-refractivity contribution < 1.29 is 9.84 Å². The van der Waals surface area contributed by atoms with E-state index in [2.05, 4.69) is 68.4 Å². The van der Waals surface area contributed by atoms with Crippen LogP contribution in [0.2, 0.25) is 0 Å². The lowest BCUT2D eigenvalue weighted by Gasteiger charge is -2.36. The summed E-state index contributed by atoms with van der Waals surface area (Å²) in [7, 11) is 0. The average Bonchev–Trinajstić information content (AvgIpc) is 2.97. The zero-order chi connectivity index (χ0) is 27.8. The molecule has 0 bridgehead atoms. The first-order valence-electron chi connectivity index (χ1n) is 16.0. The molecule has 1 aliphatic rings. The largest absolute Gasteiger partial charge is 0.490 e. The molecule has 2 aromatic rings. The predicted octanol–water partition coefficient (Wildman–Crippen LogP) is 10.4. The molecule has 0 saturated heterocycles. The van der Waals surface area contributed by atoms with Crippen LogP contribution >= 0.6 is 0 Å². The monoisotopic (exact) mass is 531 g/mol. The molecule has 3 unspecified atom stereocenters. The van der Waals surface area contributed by atoms with Crippen molar-refractivity contribution in [2.24, 2.45) is 5.41 Å². The van der Waals surface area contributed by atoms with E-state index in [-0.39, 0.29) is 11.5 Å². The minimum absolute atomic E-state index is 0.126. The van der Waals surface area contributed by atoms with Gasteiger partial charge in [-0.3, -0.25) is 0 Å². The summed E-state index contributed by atoms with van der Waals surface area (Å²) in [5, 5.41) is 19.1. The molecule has 2 aromatic carbocycles. The van der Waals surface area contributed by atoms with Gasteiger partial charge in [-0.05, 0) is 86.1 Å². The minimum atomic E-state index is -0.126. The Morgan fingerprint density at radius 1 is 0.846 bits per heavy atom. The lowest BCUT2D eigenvalue weighted by Crippen LogP contribution is -2.26. The van der Waals surface area contributed by atoms with E-state index in [0.717, 1.165) is 76.4 Å². The molecule has 3 atom stereocenters. The van der Waals surface area contributed by atoms with Gasteiger partial charge in [0.1, 0.15) is 5.75 Å². The Morgan fingerprint density at radius 3 is 2.18 bits per heavy atom. The molecule has 0 heterocycles. The molecule has 1 saturated carbocycles. The molecule has 0 amide bonds. The smallest absolute Gasteiger partial charge is 0.119 e. The second kappa shape index (κ2) is 17.4. The normalized spacial score (nSPS) is 19.9. The fourth-order valence-electron chi connectivity index (χ4n) is 6.39. The van der Waals surface area contributed by atoms with Gasteiger partial charge in [0.2, 0.25) is 0 Å². The van der Waals surface area contributed by atoms with Gasteiger partial charge in [-0.1, -0.05) is 108 Å². The number of unbranched alkanes of at least 4 members (excludes halogenated alkanes) is 7. The van der Waals surface area contributed by atoms with E-state index in [4.69, 9.17) is 9.84 Å². The summed E-state index contributed by atoms with van der Waals surface area (Å²) in [6, 6.07) is 20.5. The van der Waals surface area contributed by atoms with Gasteiger partial charge < -0.3 is 9.84 Å². The molecule has 0 aliphatic heterocycles.